The Hall–Kier alpha value is -2.44. The maximum absolute atomic E-state index is 5.92. The molecule has 0 bridgehead atoms. The van der Waals surface area contributed by atoms with Crippen LogP contribution >= 0.6 is 0 Å². The number of unbranched alkanes of at least 4 members (excludes halogenated alkanes) is 3. The summed E-state index contributed by atoms with van der Waals surface area (Å²) in [5, 5.41) is 3.62. The highest BCUT2D eigenvalue weighted by Crippen LogP contribution is 2.40. The molecule has 0 aliphatic carbocycles. The molecule has 2 aromatic carbocycles. The Labute approximate surface area is 206 Å². The highest BCUT2D eigenvalue weighted by atomic mass is 16.5. The summed E-state index contributed by atoms with van der Waals surface area (Å²) in [5.74, 6) is 3.17. The minimum absolute atomic E-state index is 0.247. The van der Waals surface area contributed by atoms with Crippen LogP contribution in [0.4, 0.5) is 0 Å². The molecule has 6 heteroatoms. The van der Waals surface area contributed by atoms with Crippen LogP contribution in [0.5, 0.6) is 23.0 Å². The Morgan fingerprint density at radius 2 is 1.56 bits per heavy atom. The zero-order chi connectivity index (χ0) is 24.8. The van der Waals surface area contributed by atoms with Gasteiger partial charge in [-0.1, -0.05) is 38.3 Å². The first kappa shape index (κ1) is 27.8. The van der Waals surface area contributed by atoms with Crippen LogP contribution in [0.25, 0.3) is 0 Å². The third-order valence-electron chi connectivity index (χ3n) is 5.96. The topological polar surface area (TPSA) is 52.2 Å². The van der Waals surface area contributed by atoms with Crippen molar-refractivity contribution in [1.29, 1.82) is 0 Å². The average Bonchev–Trinajstić information content (AvgIpc) is 2.85. The first-order valence-electron chi connectivity index (χ1n) is 12.4. The Kier molecular flexibility index (Phi) is 12.6. The number of rotatable bonds is 17. The lowest BCUT2D eigenvalue weighted by molar-refractivity contribution is 0.305. The van der Waals surface area contributed by atoms with Gasteiger partial charge in [0.15, 0.2) is 11.5 Å². The van der Waals surface area contributed by atoms with Gasteiger partial charge in [0.1, 0.15) is 5.75 Å². The van der Waals surface area contributed by atoms with Crippen LogP contribution in [0.1, 0.15) is 49.7 Å². The van der Waals surface area contributed by atoms with Crippen LogP contribution in [0.3, 0.4) is 0 Å². The minimum atomic E-state index is 0.247. The van der Waals surface area contributed by atoms with Crippen LogP contribution in [0, 0.1) is 0 Å². The largest absolute Gasteiger partial charge is 0.494 e. The van der Waals surface area contributed by atoms with Gasteiger partial charge in [-0.05, 0) is 62.3 Å². The van der Waals surface area contributed by atoms with Gasteiger partial charge >= 0.3 is 0 Å². The van der Waals surface area contributed by atoms with Gasteiger partial charge < -0.3 is 29.2 Å². The molecule has 190 valence electrons. The summed E-state index contributed by atoms with van der Waals surface area (Å²) in [6.07, 6.45) is 5.74. The molecular weight excluding hydrogens is 428 g/mol. The van der Waals surface area contributed by atoms with Gasteiger partial charge in [-0.15, -0.1) is 0 Å². The predicted octanol–water partition coefficient (Wildman–Crippen LogP) is 5.15. The van der Waals surface area contributed by atoms with E-state index in [-0.39, 0.29) is 5.92 Å². The Morgan fingerprint density at radius 3 is 2.12 bits per heavy atom. The van der Waals surface area contributed by atoms with Crippen molar-refractivity contribution in [1.82, 2.24) is 10.2 Å². The van der Waals surface area contributed by atoms with Crippen molar-refractivity contribution in [3.8, 4) is 23.0 Å². The predicted molar refractivity (Wildman–Crippen MR) is 140 cm³/mol. The Bertz CT molecular complexity index is 799. The Balaban J connectivity index is 2.14. The second-order valence-electron chi connectivity index (χ2n) is 8.92. The van der Waals surface area contributed by atoms with E-state index in [9.17, 15) is 0 Å². The third-order valence-corrected chi connectivity index (χ3v) is 5.96. The van der Waals surface area contributed by atoms with Gasteiger partial charge in [-0.25, -0.2) is 0 Å². The zero-order valence-electron chi connectivity index (χ0n) is 22.0. The van der Waals surface area contributed by atoms with E-state index in [1.807, 2.05) is 0 Å². The molecule has 1 atom stereocenters. The van der Waals surface area contributed by atoms with Crippen LogP contribution in [-0.2, 0) is 6.42 Å². The normalized spacial score (nSPS) is 12.0. The second-order valence-corrected chi connectivity index (χ2v) is 8.92. The lowest BCUT2D eigenvalue weighted by Crippen LogP contribution is -2.30. The van der Waals surface area contributed by atoms with Crippen molar-refractivity contribution < 1.29 is 18.9 Å². The molecule has 0 radical (unpaired) electrons. The molecular formula is C28H44N2O4. The molecule has 1 N–H and O–H groups in total. The molecule has 0 saturated carbocycles. The number of nitrogens with zero attached hydrogens (tertiary/aromatic N) is 1. The average molecular weight is 473 g/mol. The van der Waals surface area contributed by atoms with Crippen molar-refractivity contribution >= 4 is 0 Å². The SMILES string of the molecule is CCCCCCOc1ccc(CC(CNCCN(C)C)c2cc(OC)c(OC)c(OC)c2)cc1. The van der Waals surface area contributed by atoms with Crippen LogP contribution < -0.4 is 24.3 Å². The summed E-state index contributed by atoms with van der Waals surface area (Å²) in [7, 11) is 9.13. The number of methoxy groups -OCH3 is 3. The molecule has 0 amide bonds. The third kappa shape index (κ3) is 9.07. The molecule has 0 aromatic heterocycles. The summed E-state index contributed by atoms with van der Waals surface area (Å²) in [5.41, 5.74) is 2.43. The molecule has 34 heavy (non-hydrogen) atoms. The molecule has 0 heterocycles. The maximum atomic E-state index is 5.92. The van der Waals surface area contributed by atoms with Crippen LogP contribution in [0.15, 0.2) is 36.4 Å². The quantitative estimate of drug-likeness (QED) is 0.322. The molecule has 1 unspecified atom stereocenters. The van der Waals surface area contributed by atoms with E-state index < -0.39 is 0 Å². The highest BCUT2D eigenvalue weighted by Gasteiger charge is 2.19. The van der Waals surface area contributed by atoms with Gasteiger partial charge in [0.25, 0.3) is 0 Å². The smallest absolute Gasteiger partial charge is 0.203 e. The van der Waals surface area contributed by atoms with E-state index in [4.69, 9.17) is 18.9 Å². The monoisotopic (exact) mass is 472 g/mol. The number of nitrogens with one attached hydrogen (secondary N) is 1. The number of hydrogen-bond donors (Lipinski definition) is 1. The molecule has 2 rings (SSSR count). The maximum Gasteiger partial charge on any atom is 0.203 e. The van der Waals surface area contributed by atoms with E-state index >= 15 is 0 Å². The van der Waals surface area contributed by atoms with Crippen molar-refractivity contribution in [2.45, 2.75) is 44.9 Å². The molecule has 6 nitrogen and oxygen atoms in total. The number of ether oxygens (including phenoxy) is 4. The van der Waals surface area contributed by atoms with Crippen molar-refractivity contribution in [3.63, 3.8) is 0 Å². The molecule has 0 aliphatic rings. The van der Waals surface area contributed by atoms with Crippen molar-refractivity contribution in [2.75, 3.05) is 61.7 Å². The summed E-state index contributed by atoms with van der Waals surface area (Å²) in [6.45, 7) is 5.78. The van der Waals surface area contributed by atoms with Crippen molar-refractivity contribution in [2.24, 2.45) is 0 Å². The van der Waals surface area contributed by atoms with Gasteiger partial charge in [-0.2, -0.15) is 0 Å². The lowest BCUT2D eigenvalue weighted by Gasteiger charge is -2.22. The standard InChI is InChI=1S/C28H44N2O4/c1-7-8-9-10-17-34-25-13-11-22(12-14-25)18-24(21-29-15-16-30(2)3)23-19-26(31-4)28(33-6)27(20-23)32-5/h11-14,19-20,24,29H,7-10,15-18,21H2,1-6H3. The number of benzene rings is 2. The Morgan fingerprint density at radius 1 is 0.882 bits per heavy atom. The summed E-state index contributed by atoms with van der Waals surface area (Å²) < 4.78 is 22.7. The van der Waals surface area contributed by atoms with E-state index in [1.165, 1.54) is 24.8 Å². The molecule has 0 saturated heterocycles. The molecule has 0 aliphatic heterocycles. The zero-order valence-corrected chi connectivity index (χ0v) is 22.0. The van der Waals surface area contributed by atoms with E-state index in [0.717, 1.165) is 50.4 Å². The number of likely N-dealkylation sites (N-methyl/N-ethyl adjacent to an activating group) is 1. The van der Waals surface area contributed by atoms with Gasteiger partial charge in [0, 0.05) is 25.6 Å². The summed E-state index contributed by atoms with van der Waals surface area (Å²) in [6, 6.07) is 12.6. The molecule has 0 spiro atoms. The van der Waals surface area contributed by atoms with E-state index in [1.54, 1.807) is 21.3 Å². The fourth-order valence-corrected chi connectivity index (χ4v) is 3.95. The van der Waals surface area contributed by atoms with Crippen LogP contribution in [-0.4, -0.2) is 66.6 Å². The van der Waals surface area contributed by atoms with Gasteiger partial charge in [0.05, 0.1) is 27.9 Å². The first-order valence-corrected chi connectivity index (χ1v) is 12.4. The minimum Gasteiger partial charge on any atom is -0.494 e. The highest BCUT2D eigenvalue weighted by molar-refractivity contribution is 5.54. The van der Waals surface area contributed by atoms with Crippen LogP contribution in [0.2, 0.25) is 0 Å². The number of hydrogen-bond acceptors (Lipinski definition) is 6. The fourth-order valence-electron chi connectivity index (χ4n) is 3.95. The fraction of sp³-hybridized carbons (Fsp3) is 0.571. The van der Waals surface area contributed by atoms with E-state index in [2.05, 4.69) is 67.6 Å². The summed E-state index contributed by atoms with van der Waals surface area (Å²) >= 11 is 0. The summed E-state index contributed by atoms with van der Waals surface area (Å²) in [4.78, 5) is 2.18. The van der Waals surface area contributed by atoms with Gasteiger partial charge in [0.2, 0.25) is 5.75 Å². The molecule has 2 aromatic rings. The van der Waals surface area contributed by atoms with Gasteiger partial charge in [-0.3, -0.25) is 0 Å². The molecule has 0 fully saturated rings. The van der Waals surface area contributed by atoms with Crippen molar-refractivity contribution in [3.05, 3.63) is 47.5 Å². The lowest BCUT2D eigenvalue weighted by atomic mass is 9.91. The first-order chi connectivity index (χ1) is 16.5. The van der Waals surface area contributed by atoms with E-state index in [0.29, 0.717) is 17.2 Å². The second kappa shape index (κ2) is 15.5.